The zero-order valence-electron chi connectivity index (χ0n) is 5.04. The Balaban J connectivity index is 0.000000500. The summed E-state index contributed by atoms with van der Waals surface area (Å²) in [6, 6.07) is 8.13. The Kier molecular flexibility index (Phi) is 2.44. The Morgan fingerprint density at radius 2 is 2.00 bits per heavy atom. The molecule has 1 nitrogen and oxygen atoms in total. The van der Waals surface area contributed by atoms with Crippen molar-refractivity contribution < 1.29 is 17.1 Å². The van der Waals surface area contributed by atoms with Gasteiger partial charge in [0, 0.05) is 17.1 Å². The summed E-state index contributed by atoms with van der Waals surface area (Å²) in [6.45, 7) is 0. The molecule has 0 amide bonds. The van der Waals surface area contributed by atoms with E-state index in [9.17, 15) is 0 Å². The van der Waals surface area contributed by atoms with Crippen molar-refractivity contribution in [1.29, 1.82) is 0 Å². The average molecular weight is 199 g/mol. The van der Waals surface area contributed by atoms with Crippen LogP contribution in [0.25, 0.3) is 10.2 Å². The third-order valence-corrected chi connectivity index (χ3v) is 2.05. The maximum atomic E-state index is 4.14. The van der Waals surface area contributed by atoms with E-state index in [1.807, 2.05) is 23.7 Å². The standard InChI is InChI=1S/C7H5NS.Cu/c1-2-4-7-6(3-1)8-5-9-7;/h1-5H;. The third-order valence-electron chi connectivity index (χ3n) is 1.24. The molecule has 0 aliphatic heterocycles. The average Bonchev–Trinajstić information content (AvgIpc) is 2.33. The Morgan fingerprint density at radius 1 is 1.20 bits per heavy atom. The summed E-state index contributed by atoms with van der Waals surface area (Å²) in [4.78, 5) is 4.14. The predicted molar refractivity (Wildman–Crippen MR) is 39.6 cm³/mol. The van der Waals surface area contributed by atoms with E-state index in [1.54, 1.807) is 11.3 Å². The van der Waals surface area contributed by atoms with Crippen molar-refractivity contribution in [2.45, 2.75) is 0 Å². The molecule has 1 aromatic carbocycles. The van der Waals surface area contributed by atoms with Gasteiger partial charge in [0.05, 0.1) is 15.7 Å². The van der Waals surface area contributed by atoms with Crippen LogP contribution in [0.4, 0.5) is 0 Å². The molecule has 1 radical (unpaired) electrons. The molecule has 0 saturated carbocycles. The first-order chi connectivity index (χ1) is 4.47. The number of rotatable bonds is 0. The fraction of sp³-hybridized carbons (Fsp3) is 0. The van der Waals surface area contributed by atoms with E-state index < -0.39 is 0 Å². The summed E-state index contributed by atoms with van der Waals surface area (Å²) < 4.78 is 1.26. The van der Waals surface area contributed by atoms with Crippen molar-refractivity contribution in [3.05, 3.63) is 29.8 Å². The minimum absolute atomic E-state index is 0. The van der Waals surface area contributed by atoms with E-state index in [1.165, 1.54) is 4.70 Å². The number of para-hydroxylation sites is 1. The van der Waals surface area contributed by atoms with Crippen LogP contribution in [0.15, 0.2) is 29.8 Å². The van der Waals surface area contributed by atoms with Gasteiger partial charge < -0.3 is 0 Å². The smallest absolute Gasteiger partial charge is 0.0812 e. The van der Waals surface area contributed by atoms with Gasteiger partial charge in [0.2, 0.25) is 0 Å². The molecule has 0 aliphatic rings. The minimum atomic E-state index is 0. The van der Waals surface area contributed by atoms with Gasteiger partial charge in [0.1, 0.15) is 0 Å². The molecule has 2 rings (SSSR count). The maximum absolute atomic E-state index is 4.14. The number of nitrogens with zero attached hydrogens (tertiary/aromatic N) is 1. The Morgan fingerprint density at radius 3 is 2.80 bits per heavy atom. The second-order valence-electron chi connectivity index (χ2n) is 1.82. The summed E-state index contributed by atoms with van der Waals surface area (Å²) in [5, 5.41) is 0. The zero-order valence-corrected chi connectivity index (χ0v) is 6.80. The molecule has 1 aromatic heterocycles. The quantitative estimate of drug-likeness (QED) is 0.592. The van der Waals surface area contributed by atoms with Gasteiger partial charge in [-0.1, -0.05) is 12.1 Å². The van der Waals surface area contributed by atoms with Crippen LogP contribution in [0.3, 0.4) is 0 Å². The van der Waals surface area contributed by atoms with E-state index in [0.717, 1.165) is 5.52 Å². The number of thiazole rings is 1. The molecule has 0 spiro atoms. The van der Waals surface area contributed by atoms with Crippen LogP contribution in [0, 0.1) is 0 Å². The second-order valence-corrected chi connectivity index (χ2v) is 2.71. The van der Waals surface area contributed by atoms with Crippen LogP contribution in [0.5, 0.6) is 0 Å². The first-order valence-electron chi connectivity index (χ1n) is 2.75. The molecule has 0 bridgehead atoms. The second kappa shape index (κ2) is 3.15. The molecule has 0 fully saturated rings. The van der Waals surface area contributed by atoms with E-state index in [4.69, 9.17) is 0 Å². The molecule has 0 atom stereocenters. The van der Waals surface area contributed by atoms with Crippen molar-refractivity contribution in [3.8, 4) is 0 Å². The van der Waals surface area contributed by atoms with E-state index in [0.29, 0.717) is 0 Å². The van der Waals surface area contributed by atoms with Gasteiger partial charge in [0.15, 0.2) is 0 Å². The maximum Gasteiger partial charge on any atom is 0.0812 e. The summed E-state index contributed by atoms with van der Waals surface area (Å²) in [6.07, 6.45) is 0. The van der Waals surface area contributed by atoms with Gasteiger partial charge in [-0.15, -0.1) is 11.3 Å². The fourth-order valence-electron chi connectivity index (χ4n) is 0.803. The molecular formula is C7H5CuNS. The van der Waals surface area contributed by atoms with E-state index in [-0.39, 0.29) is 17.1 Å². The van der Waals surface area contributed by atoms with Crippen LogP contribution in [-0.4, -0.2) is 4.98 Å². The minimum Gasteiger partial charge on any atom is -0.245 e. The van der Waals surface area contributed by atoms with Crippen molar-refractivity contribution in [1.82, 2.24) is 4.98 Å². The van der Waals surface area contributed by atoms with Crippen LogP contribution in [-0.2, 0) is 17.1 Å². The van der Waals surface area contributed by atoms with Crippen LogP contribution in [0.1, 0.15) is 0 Å². The molecule has 0 unspecified atom stereocenters. The normalized spacial score (nSPS) is 9.20. The van der Waals surface area contributed by atoms with Gasteiger partial charge in [-0.2, -0.15) is 0 Å². The number of fused-ring (bicyclic) bond motifs is 1. The molecule has 1 heterocycles. The Bertz CT molecular complexity index is 288. The number of benzene rings is 1. The van der Waals surface area contributed by atoms with Crippen LogP contribution >= 0.6 is 11.3 Å². The fourth-order valence-corrected chi connectivity index (χ4v) is 1.48. The van der Waals surface area contributed by atoms with E-state index >= 15 is 0 Å². The third kappa shape index (κ3) is 1.21. The van der Waals surface area contributed by atoms with Crippen LogP contribution < -0.4 is 0 Å². The van der Waals surface area contributed by atoms with Crippen molar-refractivity contribution in [3.63, 3.8) is 0 Å². The molecule has 0 saturated heterocycles. The number of aromatic nitrogens is 1. The predicted octanol–water partition coefficient (Wildman–Crippen LogP) is 2.29. The molecule has 3 heteroatoms. The Hall–Kier alpha value is -0.371. The topological polar surface area (TPSA) is 12.9 Å². The molecule has 0 aliphatic carbocycles. The summed E-state index contributed by atoms with van der Waals surface area (Å²) in [7, 11) is 0. The number of hydrogen-bond acceptors (Lipinski definition) is 2. The Labute approximate surface area is 73.6 Å². The first-order valence-corrected chi connectivity index (χ1v) is 3.63. The molecule has 0 N–H and O–H groups in total. The van der Waals surface area contributed by atoms with Crippen molar-refractivity contribution >= 4 is 21.6 Å². The molecule has 55 valence electrons. The summed E-state index contributed by atoms with van der Waals surface area (Å²) >= 11 is 1.68. The molecule has 2 aromatic rings. The largest absolute Gasteiger partial charge is 0.245 e. The summed E-state index contributed by atoms with van der Waals surface area (Å²) in [5.74, 6) is 0. The zero-order chi connectivity index (χ0) is 6.10. The first kappa shape index (κ1) is 7.73. The van der Waals surface area contributed by atoms with Gasteiger partial charge in [0.25, 0.3) is 0 Å². The van der Waals surface area contributed by atoms with Gasteiger partial charge in [-0.25, -0.2) is 4.98 Å². The summed E-state index contributed by atoms with van der Waals surface area (Å²) in [5.41, 5.74) is 2.97. The molecule has 10 heavy (non-hydrogen) atoms. The van der Waals surface area contributed by atoms with Crippen LogP contribution in [0.2, 0.25) is 0 Å². The van der Waals surface area contributed by atoms with E-state index in [2.05, 4.69) is 11.1 Å². The van der Waals surface area contributed by atoms with Crippen molar-refractivity contribution in [2.24, 2.45) is 0 Å². The number of hydrogen-bond donors (Lipinski definition) is 0. The molecular weight excluding hydrogens is 194 g/mol. The van der Waals surface area contributed by atoms with Gasteiger partial charge >= 0.3 is 0 Å². The van der Waals surface area contributed by atoms with Gasteiger partial charge in [-0.05, 0) is 12.1 Å². The monoisotopic (exact) mass is 198 g/mol. The van der Waals surface area contributed by atoms with Gasteiger partial charge in [-0.3, -0.25) is 0 Å². The van der Waals surface area contributed by atoms with Crippen molar-refractivity contribution in [2.75, 3.05) is 0 Å². The SMILES string of the molecule is [Cu].c1ccc2scnc2c1.